The van der Waals surface area contributed by atoms with Crippen LogP contribution in [-0.2, 0) is 6.54 Å². The molecule has 1 aromatic carbocycles. The first-order chi connectivity index (χ1) is 7.74. The summed E-state index contributed by atoms with van der Waals surface area (Å²) in [5.74, 6) is 1.11. The zero-order valence-electron chi connectivity index (χ0n) is 9.01. The van der Waals surface area contributed by atoms with Gasteiger partial charge in [0.05, 0.1) is 0 Å². The van der Waals surface area contributed by atoms with Crippen LogP contribution in [0.5, 0.6) is 0 Å². The summed E-state index contributed by atoms with van der Waals surface area (Å²) in [7, 11) is 0. The molecule has 1 saturated heterocycles. The summed E-state index contributed by atoms with van der Waals surface area (Å²) in [5.41, 5.74) is 0.995. The van der Waals surface area contributed by atoms with E-state index in [0.717, 1.165) is 28.4 Å². The van der Waals surface area contributed by atoms with Gasteiger partial charge in [0.15, 0.2) is 0 Å². The summed E-state index contributed by atoms with van der Waals surface area (Å²) >= 11 is 5.34. The normalized spacial score (nSPS) is 20.2. The predicted molar refractivity (Wildman–Crippen MR) is 71.3 cm³/mol. The highest BCUT2D eigenvalue weighted by Gasteiger charge is 2.14. The fourth-order valence-corrected chi connectivity index (χ4v) is 3.64. The Morgan fingerprint density at radius 3 is 3.00 bits per heavy atom. The van der Waals surface area contributed by atoms with Gasteiger partial charge in [-0.2, -0.15) is 11.8 Å². The van der Waals surface area contributed by atoms with Crippen molar-refractivity contribution in [2.45, 2.75) is 24.6 Å². The van der Waals surface area contributed by atoms with Gasteiger partial charge < -0.3 is 5.32 Å². The molecule has 4 heteroatoms. The van der Waals surface area contributed by atoms with Crippen molar-refractivity contribution in [2.24, 2.45) is 0 Å². The maximum absolute atomic E-state index is 13.1. The predicted octanol–water partition coefficient (Wildman–Crippen LogP) is 3.57. The SMILES string of the molecule is Fc1cc(Br)cc(CNCC2CCCS2)c1. The number of hydrogen-bond donors (Lipinski definition) is 1. The Labute approximate surface area is 108 Å². The molecule has 0 aliphatic carbocycles. The number of benzene rings is 1. The van der Waals surface area contributed by atoms with Gasteiger partial charge in [-0.3, -0.25) is 0 Å². The molecule has 1 heterocycles. The lowest BCUT2D eigenvalue weighted by Crippen LogP contribution is -2.22. The molecule has 0 aromatic heterocycles. The molecule has 0 amide bonds. The minimum atomic E-state index is -0.179. The summed E-state index contributed by atoms with van der Waals surface area (Å²) in [6.45, 7) is 1.77. The van der Waals surface area contributed by atoms with Crippen LogP contribution in [0.4, 0.5) is 4.39 Å². The number of rotatable bonds is 4. The first-order valence-corrected chi connectivity index (χ1v) is 7.35. The van der Waals surface area contributed by atoms with Crippen LogP contribution >= 0.6 is 27.7 Å². The zero-order chi connectivity index (χ0) is 11.4. The van der Waals surface area contributed by atoms with Crippen molar-refractivity contribution >= 4 is 27.7 Å². The maximum atomic E-state index is 13.1. The van der Waals surface area contributed by atoms with Crippen molar-refractivity contribution in [3.05, 3.63) is 34.1 Å². The van der Waals surface area contributed by atoms with E-state index < -0.39 is 0 Å². The molecule has 0 radical (unpaired) electrons. The minimum Gasteiger partial charge on any atom is -0.312 e. The molecule has 1 fully saturated rings. The van der Waals surface area contributed by atoms with E-state index >= 15 is 0 Å². The Morgan fingerprint density at radius 2 is 2.31 bits per heavy atom. The van der Waals surface area contributed by atoms with Crippen LogP contribution in [0.25, 0.3) is 0 Å². The number of halogens is 2. The number of nitrogens with one attached hydrogen (secondary N) is 1. The lowest BCUT2D eigenvalue weighted by molar-refractivity contribution is 0.614. The molecule has 0 spiro atoms. The number of hydrogen-bond acceptors (Lipinski definition) is 2. The largest absolute Gasteiger partial charge is 0.312 e. The smallest absolute Gasteiger partial charge is 0.124 e. The van der Waals surface area contributed by atoms with Gasteiger partial charge >= 0.3 is 0 Å². The molecule has 1 nitrogen and oxygen atoms in total. The van der Waals surface area contributed by atoms with Gasteiger partial charge in [0.2, 0.25) is 0 Å². The van der Waals surface area contributed by atoms with Crippen molar-refractivity contribution in [2.75, 3.05) is 12.3 Å². The Morgan fingerprint density at radius 1 is 1.44 bits per heavy atom. The summed E-state index contributed by atoms with van der Waals surface area (Å²) in [6.07, 6.45) is 2.65. The highest BCUT2D eigenvalue weighted by Crippen LogP contribution is 2.25. The molecule has 88 valence electrons. The fraction of sp³-hybridized carbons (Fsp3) is 0.500. The second kappa shape index (κ2) is 6.03. The van der Waals surface area contributed by atoms with Crippen LogP contribution in [0.15, 0.2) is 22.7 Å². The van der Waals surface area contributed by atoms with E-state index in [0.29, 0.717) is 0 Å². The van der Waals surface area contributed by atoms with E-state index in [1.54, 1.807) is 6.07 Å². The monoisotopic (exact) mass is 303 g/mol. The molecule has 16 heavy (non-hydrogen) atoms. The second-order valence-corrected chi connectivity index (χ2v) is 6.37. The quantitative estimate of drug-likeness (QED) is 0.912. The molecule has 1 N–H and O–H groups in total. The average molecular weight is 304 g/mol. The standard InChI is InChI=1S/C12H15BrFNS/c13-10-4-9(5-11(14)6-10)7-15-8-12-2-1-3-16-12/h4-6,12,15H,1-3,7-8H2. The van der Waals surface area contributed by atoms with Crippen LogP contribution in [0.3, 0.4) is 0 Å². The van der Waals surface area contributed by atoms with Crippen LogP contribution in [0.1, 0.15) is 18.4 Å². The van der Waals surface area contributed by atoms with Crippen molar-refractivity contribution in [1.29, 1.82) is 0 Å². The average Bonchev–Trinajstić information content (AvgIpc) is 2.69. The van der Waals surface area contributed by atoms with Crippen LogP contribution in [0, 0.1) is 5.82 Å². The van der Waals surface area contributed by atoms with Crippen LogP contribution in [-0.4, -0.2) is 17.5 Å². The maximum Gasteiger partial charge on any atom is 0.124 e. The molecule has 1 aromatic rings. The molecule has 1 unspecified atom stereocenters. The Bertz CT molecular complexity index is 333. The molecule has 0 saturated carbocycles. The number of thioether (sulfide) groups is 1. The Balaban J connectivity index is 1.80. The van der Waals surface area contributed by atoms with E-state index in [1.165, 1.54) is 24.7 Å². The van der Waals surface area contributed by atoms with Gasteiger partial charge in [0.1, 0.15) is 5.82 Å². The molecular weight excluding hydrogens is 289 g/mol. The molecular formula is C12H15BrFNS. The Kier molecular flexibility index (Phi) is 4.67. The minimum absolute atomic E-state index is 0.179. The zero-order valence-corrected chi connectivity index (χ0v) is 11.4. The van der Waals surface area contributed by atoms with E-state index in [4.69, 9.17) is 0 Å². The lowest BCUT2D eigenvalue weighted by atomic mass is 10.2. The van der Waals surface area contributed by atoms with E-state index in [1.807, 2.05) is 17.8 Å². The first-order valence-electron chi connectivity index (χ1n) is 5.51. The van der Waals surface area contributed by atoms with Gasteiger partial charge in [-0.15, -0.1) is 0 Å². The van der Waals surface area contributed by atoms with Gasteiger partial charge in [0.25, 0.3) is 0 Å². The van der Waals surface area contributed by atoms with E-state index in [2.05, 4.69) is 21.2 Å². The van der Waals surface area contributed by atoms with E-state index in [-0.39, 0.29) is 5.82 Å². The molecule has 1 atom stereocenters. The summed E-state index contributed by atoms with van der Waals surface area (Å²) in [6, 6.07) is 5.02. The molecule has 1 aliphatic rings. The van der Waals surface area contributed by atoms with Crippen LogP contribution in [0.2, 0.25) is 0 Å². The van der Waals surface area contributed by atoms with Crippen molar-refractivity contribution in [1.82, 2.24) is 5.32 Å². The summed E-state index contributed by atoms with van der Waals surface area (Å²) in [4.78, 5) is 0. The van der Waals surface area contributed by atoms with Gasteiger partial charge in [-0.1, -0.05) is 15.9 Å². The van der Waals surface area contributed by atoms with E-state index in [9.17, 15) is 4.39 Å². The summed E-state index contributed by atoms with van der Waals surface area (Å²) < 4.78 is 13.9. The highest BCUT2D eigenvalue weighted by molar-refractivity contribution is 9.10. The fourth-order valence-electron chi connectivity index (χ4n) is 1.90. The van der Waals surface area contributed by atoms with Crippen molar-refractivity contribution in [3.63, 3.8) is 0 Å². The highest BCUT2D eigenvalue weighted by atomic mass is 79.9. The second-order valence-electron chi connectivity index (χ2n) is 4.04. The molecule has 0 bridgehead atoms. The first kappa shape index (κ1) is 12.4. The van der Waals surface area contributed by atoms with Crippen molar-refractivity contribution < 1.29 is 4.39 Å². The third-order valence-corrected chi connectivity index (χ3v) is 4.50. The van der Waals surface area contributed by atoms with Crippen LogP contribution < -0.4 is 5.32 Å². The van der Waals surface area contributed by atoms with Gasteiger partial charge in [0, 0.05) is 22.8 Å². The van der Waals surface area contributed by atoms with Gasteiger partial charge in [-0.05, 0) is 42.4 Å². The van der Waals surface area contributed by atoms with Crippen molar-refractivity contribution in [3.8, 4) is 0 Å². The molecule has 2 rings (SSSR count). The Hall–Kier alpha value is -0.0600. The topological polar surface area (TPSA) is 12.0 Å². The lowest BCUT2D eigenvalue weighted by Gasteiger charge is -2.10. The summed E-state index contributed by atoms with van der Waals surface area (Å²) in [5, 5.41) is 4.14. The third-order valence-electron chi connectivity index (χ3n) is 2.65. The third kappa shape index (κ3) is 3.75. The molecule has 1 aliphatic heterocycles. The van der Waals surface area contributed by atoms with Gasteiger partial charge in [-0.25, -0.2) is 4.39 Å².